The van der Waals surface area contributed by atoms with Crippen LogP contribution in [0.4, 0.5) is 0 Å². The highest BCUT2D eigenvalue weighted by Crippen LogP contribution is 2.43. The van der Waals surface area contributed by atoms with E-state index in [2.05, 4.69) is 127 Å². The first-order valence-corrected chi connectivity index (χ1v) is 15.5. The molecular weight excluding hydrogens is 558 g/mol. The van der Waals surface area contributed by atoms with Crippen molar-refractivity contribution in [2.45, 2.75) is 0 Å². The molecule has 0 fully saturated rings. The molecule has 9 aromatic rings. The summed E-state index contributed by atoms with van der Waals surface area (Å²) in [5, 5.41) is 8.46. The van der Waals surface area contributed by atoms with Gasteiger partial charge in [-0.3, -0.25) is 0 Å². The predicted octanol–water partition coefficient (Wildman–Crippen LogP) is 11.2. The van der Waals surface area contributed by atoms with Gasteiger partial charge in [0.2, 0.25) is 0 Å². The van der Waals surface area contributed by atoms with Crippen LogP contribution in [0.25, 0.3) is 88.4 Å². The number of fused-ring (bicyclic) bond motifs is 8. The Morgan fingerprint density at radius 2 is 0.783 bits per heavy atom. The van der Waals surface area contributed by atoms with Crippen LogP contribution in [-0.2, 0) is 0 Å². The summed E-state index contributed by atoms with van der Waals surface area (Å²) in [4.78, 5) is 15.6. The Bertz CT molecular complexity index is 2520. The molecule has 0 aliphatic rings. The van der Waals surface area contributed by atoms with E-state index in [-0.39, 0.29) is 0 Å². The zero-order valence-electron chi connectivity index (χ0n) is 24.9. The first kappa shape index (κ1) is 26.2. The average molecular weight is 586 g/mol. The van der Waals surface area contributed by atoms with Crippen LogP contribution in [0, 0.1) is 0 Å². The van der Waals surface area contributed by atoms with Crippen molar-refractivity contribution >= 4 is 43.2 Å². The number of hydrogen-bond donors (Lipinski definition) is 0. The van der Waals surface area contributed by atoms with E-state index in [4.69, 9.17) is 15.0 Å². The van der Waals surface area contributed by atoms with Crippen molar-refractivity contribution < 1.29 is 0 Å². The summed E-state index contributed by atoms with van der Waals surface area (Å²) in [5.41, 5.74) is 7.80. The van der Waals surface area contributed by atoms with Gasteiger partial charge in [-0.1, -0.05) is 146 Å². The molecule has 0 spiro atoms. The van der Waals surface area contributed by atoms with Crippen molar-refractivity contribution in [2.75, 3.05) is 0 Å². The molecule has 0 aliphatic carbocycles. The minimum absolute atomic E-state index is 0.683. The van der Waals surface area contributed by atoms with Crippen LogP contribution >= 0.6 is 0 Å². The molecular formula is C43H27N3. The van der Waals surface area contributed by atoms with Gasteiger partial charge >= 0.3 is 0 Å². The Hall–Kier alpha value is -6.19. The number of rotatable bonds is 4. The molecule has 0 amide bonds. The lowest BCUT2D eigenvalue weighted by atomic mass is 9.90. The molecule has 0 bridgehead atoms. The fourth-order valence-electron chi connectivity index (χ4n) is 6.73. The topological polar surface area (TPSA) is 38.7 Å². The lowest BCUT2D eigenvalue weighted by molar-refractivity contribution is 1.18. The van der Waals surface area contributed by atoms with E-state index in [0.29, 0.717) is 5.82 Å². The molecule has 0 N–H and O–H groups in total. The maximum absolute atomic E-state index is 5.35. The lowest BCUT2D eigenvalue weighted by Gasteiger charge is -2.16. The SMILES string of the molecule is c1ccc(-c2cc(-c3ccccc3)nc(-c3cccc(-c4nc5ccccc5c5c6ccccc6c6ccccc6c45)c3)n2)cc1. The minimum Gasteiger partial charge on any atom is -0.247 e. The second kappa shape index (κ2) is 10.8. The summed E-state index contributed by atoms with van der Waals surface area (Å²) in [6, 6.07) is 57.2. The van der Waals surface area contributed by atoms with Crippen LogP contribution in [0.5, 0.6) is 0 Å². The second-order valence-corrected chi connectivity index (χ2v) is 11.6. The van der Waals surface area contributed by atoms with Crippen molar-refractivity contribution in [3.8, 4) is 45.2 Å². The van der Waals surface area contributed by atoms with Gasteiger partial charge in [-0.25, -0.2) is 15.0 Å². The summed E-state index contributed by atoms with van der Waals surface area (Å²) in [7, 11) is 0. The molecule has 2 aromatic heterocycles. The van der Waals surface area contributed by atoms with Gasteiger partial charge in [0.05, 0.1) is 22.6 Å². The van der Waals surface area contributed by atoms with E-state index in [0.717, 1.165) is 55.6 Å². The summed E-state index contributed by atoms with van der Waals surface area (Å²) < 4.78 is 0. The molecule has 0 atom stereocenters. The Morgan fingerprint density at radius 3 is 1.41 bits per heavy atom. The maximum Gasteiger partial charge on any atom is 0.160 e. The third kappa shape index (κ3) is 4.33. The molecule has 214 valence electrons. The van der Waals surface area contributed by atoms with Crippen molar-refractivity contribution in [3.63, 3.8) is 0 Å². The van der Waals surface area contributed by atoms with E-state index in [1.54, 1.807) is 0 Å². The summed E-state index contributed by atoms with van der Waals surface area (Å²) >= 11 is 0. The molecule has 3 nitrogen and oxygen atoms in total. The molecule has 0 unspecified atom stereocenters. The molecule has 0 saturated heterocycles. The normalized spacial score (nSPS) is 11.5. The smallest absolute Gasteiger partial charge is 0.160 e. The zero-order valence-corrected chi connectivity index (χ0v) is 24.9. The maximum atomic E-state index is 5.35. The molecule has 7 aromatic carbocycles. The van der Waals surface area contributed by atoms with Gasteiger partial charge in [0.25, 0.3) is 0 Å². The molecule has 0 radical (unpaired) electrons. The van der Waals surface area contributed by atoms with Crippen molar-refractivity contribution in [1.29, 1.82) is 0 Å². The highest BCUT2D eigenvalue weighted by atomic mass is 14.9. The molecule has 9 rings (SSSR count). The van der Waals surface area contributed by atoms with Crippen molar-refractivity contribution in [3.05, 3.63) is 164 Å². The quantitative estimate of drug-likeness (QED) is 0.193. The fraction of sp³-hybridized carbons (Fsp3) is 0. The Morgan fingerprint density at radius 1 is 0.304 bits per heavy atom. The standard InChI is InChI=1S/C43H27N3/c1-3-14-28(15-4-1)38-27-39(29-16-5-2-6-17-29)46-43(45-38)31-19-13-18-30(26-31)42-41-35-23-10-8-21-33(35)32-20-7-9-22-34(32)40(41)36-24-11-12-25-37(36)44-42/h1-27H. The van der Waals surface area contributed by atoms with Gasteiger partial charge in [0.15, 0.2) is 5.82 Å². The first-order valence-electron chi connectivity index (χ1n) is 15.5. The minimum atomic E-state index is 0.683. The van der Waals surface area contributed by atoms with Crippen LogP contribution in [0.3, 0.4) is 0 Å². The number of aromatic nitrogens is 3. The highest BCUT2D eigenvalue weighted by molar-refractivity contribution is 6.33. The van der Waals surface area contributed by atoms with Gasteiger partial charge in [-0.15, -0.1) is 0 Å². The summed E-state index contributed by atoms with van der Waals surface area (Å²) in [6.45, 7) is 0. The van der Waals surface area contributed by atoms with E-state index in [1.807, 2.05) is 36.4 Å². The van der Waals surface area contributed by atoms with E-state index in [1.165, 1.54) is 26.9 Å². The zero-order chi connectivity index (χ0) is 30.5. The van der Waals surface area contributed by atoms with Crippen LogP contribution in [0.1, 0.15) is 0 Å². The molecule has 0 aliphatic heterocycles. The number of hydrogen-bond acceptors (Lipinski definition) is 3. The number of nitrogens with zero attached hydrogens (tertiary/aromatic N) is 3. The van der Waals surface area contributed by atoms with E-state index in [9.17, 15) is 0 Å². The van der Waals surface area contributed by atoms with Crippen molar-refractivity contribution in [1.82, 2.24) is 15.0 Å². The second-order valence-electron chi connectivity index (χ2n) is 11.6. The lowest BCUT2D eigenvalue weighted by Crippen LogP contribution is -1.97. The summed E-state index contributed by atoms with van der Waals surface area (Å²) in [6.07, 6.45) is 0. The van der Waals surface area contributed by atoms with Crippen LogP contribution < -0.4 is 0 Å². The molecule has 46 heavy (non-hydrogen) atoms. The van der Waals surface area contributed by atoms with Crippen molar-refractivity contribution in [2.24, 2.45) is 0 Å². The number of benzene rings is 7. The molecule has 0 saturated carbocycles. The number of pyridine rings is 1. The third-order valence-electron chi connectivity index (χ3n) is 8.83. The average Bonchev–Trinajstić information content (AvgIpc) is 3.15. The van der Waals surface area contributed by atoms with Crippen LogP contribution in [0.15, 0.2) is 164 Å². The largest absolute Gasteiger partial charge is 0.247 e. The van der Waals surface area contributed by atoms with E-state index >= 15 is 0 Å². The highest BCUT2D eigenvalue weighted by Gasteiger charge is 2.18. The van der Waals surface area contributed by atoms with Crippen LogP contribution in [0.2, 0.25) is 0 Å². The Kier molecular flexibility index (Phi) is 6.14. The van der Waals surface area contributed by atoms with Gasteiger partial charge < -0.3 is 0 Å². The Balaban J connectivity index is 1.33. The molecule has 3 heteroatoms. The van der Waals surface area contributed by atoms with E-state index < -0.39 is 0 Å². The van der Waals surface area contributed by atoms with Gasteiger partial charge in [0.1, 0.15) is 0 Å². The predicted molar refractivity (Wildman–Crippen MR) is 192 cm³/mol. The summed E-state index contributed by atoms with van der Waals surface area (Å²) in [5.74, 6) is 0.683. The first-order chi connectivity index (χ1) is 22.8. The monoisotopic (exact) mass is 585 g/mol. The van der Waals surface area contributed by atoms with Gasteiger partial charge in [-0.2, -0.15) is 0 Å². The number of para-hydroxylation sites is 1. The van der Waals surface area contributed by atoms with Crippen LogP contribution in [-0.4, -0.2) is 15.0 Å². The third-order valence-corrected chi connectivity index (χ3v) is 8.83. The molecule has 2 heterocycles. The van der Waals surface area contributed by atoms with Gasteiger partial charge in [-0.05, 0) is 39.7 Å². The Labute approximate surface area is 266 Å². The fourth-order valence-corrected chi connectivity index (χ4v) is 6.73. The van der Waals surface area contributed by atoms with Gasteiger partial charge in [0, 0.05) is 38.4 Å².